The number of ether oxygens (including phenoxy) is 1. The molecular formula is C27H28FN3O4. The Labute approximate surface area is 203 Å². The van der Waals surface area contributed by atoms with Gasteiger partial charge in [-0.25, -0.2) is 4.39 Å². The predicted molar refractivity (Wildman–Crippen MR) is 133 cm³/mol. The summed E-state index contributed by atoms with van der Waals surface area (Å²) in [7, 11) is 1.45. The third kappa shape index (κ3) is 6.66. The van der Waals surface area contributed by atoms with Crippen molar-refractivity contribution in [3.8, 4) is 5.75 Å². The number of hydrogen-bond donors (Lipinski definition) is 3. The molecule has 182 valence electrons. The molecule has 0 saturated heterocycles. The Morgan fingerprint density at radius 1 is 0.886 bits per heavy atom. The highest BCUT2D eigenvalue weighted by molar-refractivity contribution is 6.06. The molecular weight excluding hydrogens is 449 g/mol. The first-order chi connectivity index (χ1) is 16.8. The molecule has 0 aliphatic heterocycles. The predicted octanol–water partition coefficient (Wildman–Crippen LogP) is 4.87. The molecule has 0 heterocycles. The first-order valence-electron chi connectivity index (χ1n) is 11.2. The second-order valence-electron chi connectivity index (χ2n) is 8.07. The zero-order valence-electron chi connectivity index (χ0n) is 19.8. The largest absolute Gasteiger partial charge is 0.495 e. The molecule has 3 amide bonds. The molecule has 3 N–H and O–H groups in total. The zero-order valence-corrected chi connectivity index (χ0v) is 19.8. The van der Waals surface area contributed by atoms with Gasteiger partial charge in [-0.15, -0.1) is 0 Å². The third-order valence-electron chi connectivity index (χ3n) is 5.62. The fraction of sp³-hybridized carbons (Fsp3) is 0.222. The molecule has 3 aromatic carbocycles. The molecule has 2 atom stereocenters. The minimum Gasteiger partial charge on any atom is -0.495 e. The molecule has 0 spiro atoms. The monoisotopic (exact) mass is 477 g/mol. The van der Waals surface area contributed by atoms with Crippen LogP contribution in [0.25, 0.3) is 0 Å². The SMILES string of the molecule is CCC(C)C(NC(=O)c1ccccc1)C(=O)Nc1ccc(OC)c(NC(=O)c2cccc(F)c2)c1. The number of carbonyl (C=O) groups is 3. The maximum atomic E-state index is 13.5. The lowest BCUT2D eigenvalue weighted by Gasteiger charge is -2.24. The molecule has 0 bridgehead atoms. The van der Waals surface area contributed by atoms with Crippen LogP contribution in [0.3, 0.4) is 0 Å². The molecule has 0 radical (unpaired) electrons. The van der Waals surface area contributed by atoms with Crippen LogP contribution in [0.5, 0.6) is 5.75 Å². The smallest absolute Gasteiger partial charge is 0.255 e. The molecule has 0 aromatic heterocycles. The van der Waals surface area contributed by atoms with Crippen LogP contribution in [-0.4, -0.2) is 30.9 Å². The molecule has 3 rings (SSSR count). The van der Waals surface area contributed by atoms with Crippen molar-refractivity contribution in [1.29, 1.82) is 0 Å². The van der Waals surface area contributed by atoms with Crippen molar-refractivity contribution < 1.29 is 23.5 Å². The van der Waals surface area contributed by atoms with Crippen LogP contribution in [0, 0.1) is 11.7 Å². The average molecular weight is 478 g/mol. The Bertz CT molecular complexity index is 1200. The first-order valence-corrected chi connectivity index (χ1v) is 11.2. The van der Waals surface area contributed by atoms with E-state index in [0.29, 0.717) is 29.1 Å². The number of halogens is 1. The number of amides is 3. The van der Waals surface area contributed by atoms with Crippen molar-refractivity contribution in [2.75, 3.05) is 17.7 Å². The van der Waals surface area contributed by atoms with E-state index in [-0.39, 0.29) is 17.4 Å². The van der Waals surface area contributed by atoms with E-state index in [4.69, 9.17) is 4.74 Å². The van der Waals surface area contributed by atoms with Crippen LogP contribution >= 0.6 is 0 Å². The Morgan fingerprint density at radius 3 is 2.26 bits per heavy atom. The molecule has 0 aliphatic rings. The summed E-state index contributed by atoms with van der Waals surface area (Å²) in [5.41, 5.74) is 1.29. The normalized spacial score (nSPS) is 12.2. The molecule has 0 fully saturated rings. The van der Waals surface area contributed by atoms with Gasteiger partial charge in [0, 0.05) is 16.8 Å². The van der Waals surface area contributed by atoms with Gasteiger partial charge in [0.05, 0.1) is 12.8 Å². The lowest BCUT2D eigenvalue weighted by atomic mass is 9.97. The van der Waals surface area contributed by atoms with E-state index in [2.05, 4.69) is 16.0 Å². The summed E-state index contributed by atoms with van der Waals surface area (Å²) in [5, 5.41) is 8.31. The number of benzene rings is 3. The number of anilines is 2. The lowest BCUT2D eigenvalue weighted by molar-refractivity contribution is -0.119. The second kappa shape index (κ2) is 11.8. The lowest BCUT2D eigenvalue weighted by Crippen LogP contribution is -2.47. The van der Waals surface area contributed by atoms with Crippen LogP contribution in [0.2, 0.25) is 0 Å². The number of methoxy groups -OCH3 is 1. The van der Waals surface area contributed by atoms with Gasteiger partial charge in [-0.1, -0.05) is 44.5 Å². The maximum Gasteiger partial charge on any atom is 0.255 e. The van der Waals surface area contributed by atoms with E-state index in [9.17, 15) is 18.8 Å². The second-order valence-corrected chi connectivity index (χ2v) is 8.07. The highest BCUT2D eigenvalue weighted by atomic mass is 19.1. The average Bonchev–Trinajstić information content (AvgIpc) is 2.87. The van der Waals surface area contributed by atoms with E-state index in [1.165, 1.54) is 25.3 Å². The van der Waals surface area contributed by atoms with E-state index < -0.39 is 23.7 Å². The van der Waals surface area contributed by atoms with E-state index >= 15 is 0 Å². The number of hydrogen-bond acceptors (Lipinski definition) is 4. The Balaban J connectivity index is 1.78. The summed E-state index contributed by atoms with van der Waals surface area (Å²) in [4.78, 5) is 38.4. The fourth-order valence-corrected chi connectivity index (χ4v) is 3.44. The Hall–Kier alpha value is -4.20. The van der Waals surface area contributed by atoms with Gasteiger partial charge in [-0.3, -0.25) is 14.4 Å². The highest BCUT2D eigenvalue weighted by Gasteiger charge is 2.26. The Kier molecular flexibility index (Phi) is 8.56. The van der Waals surface area contributed by atoms with Crippen LogP contribution in [0.1, 0.15) is 41.0 Å². The van der Waals surface area contributed by atoms with Crippen molar-refractivity contribution in [3.63, 3.8) is 0 Å². The van der Waals surface area contributed by atoms with Crippen molar-refractivity contribution in [1.82, 2.24) is 5.32 Å². The minimum atomic E-state index is -0.778. The summed E-state index contributed by atoms with van der Waals surface area (Å²) in [6.45, 7) is 3.82. The van der Waals surface area contributed by atoms with Gasteiger partial charge in [0.1, 0.15) is 17.6 Å². The maximum absolute atomic E-state index is 13.5. The quantitative estimate of drug-likeness (QED) is 0.410. The highest BCUT2D eigenvalue weighted by Crippen LogP contribution is 2.29. The van der Waals surface area contributed by atoms with Crippen molar-refractivity contribution in [2.45, 2.75) is 26.3 Å². The molecule has 35 heavy (non-hydrogen) atoms. The van der Waals surface area contributed by atoms with Gasteiger partial charge in [-0.05, 0) is 54.4 Å². The minimum absolute atomic E-state index is 0.131. The number of rotatable bonds is 9. The first kappa shape index (κ1) is 25.4. The van der Waals surface area contributed by atoms with E-state index in [1.807, 2.05) is 19.9 Å². The van der Waals surface area contributed by atoms with Gasteiger partial charge < -0.3 is 20.7 Å². The molecule has 3 aromatic rings. The number of carbonyl (C=O) groups excluding carboxylic acids is 3. The third-order valence-corrected chi connectivity index (χ3v) is 5.62. The standard InChI is InChI=1S/C27H28FN3O4/c1-4-17(2)24(31-25(32)18-9-6-5-7-10-18)27(34)29-21-13-14-23(35-3)22(16-21)30-26(33)19-11-8-12-20(28)15-19/h5-17,24H,4H2,1-3H3,(H,29,34)(H,30,33)(H,31,32). The van der Waals surface area contributed by atoms with Crippen LogP contribution in [-0.2, 0) is 4.79 Å². The summed E-state index contributed by atoms with van der Waals surface area (Å²) in [6.07, 6.45) is 0.671. The van der Waals surface area contributed by atoms with Gasteiger partial charge in [0.25, 0.3) is 11.8 Å². The van der Waals surface area contributed by atoms with Crippen LogP contribution in [0.4, 0.5) is 15.8 Å². The van der Waals surface area contributed by atoms with Crippen molar-refractivity contribution in [2.24, 2.45) is 5.92 Å². The Morgan fingerprint density at radius 2 is 1.60 bits per heavy atom. The summed E-state index contributed by atoms with van der Waals surface area (Å²) >= 11 is 0. The fourth-order valence-electron chi connectivity index (χ4n) is 3.44. The van der Waals surface area contributed by atoms with Crippen molar-refractivity contribution >= 4 is 29.1 Å². The summed E-state index contributed by atoms with van der Waals surface area (Å²) < 4.78 is 18.8. The van der Waals surface area contributed by atoms with Gasteiger partial charge >= 0.3 is 0 Å². The summed E-state index contributed by atoms with van der Waals surface area (Å²) in [6, 6.07) is 18.0. The van der Waals surface area contributed by atoms with Crippen molar-refractivity contribution in [3.05, 3.63) is 89.7 Å². The molecule has 0 saturated carbocycles. The van der Waals surface area contributed by atoms with Gasteiger partial charge in [-0.2, -0.15) is 0 Å². The van der Waals surface area contributed by atoms with Gasteiger partial charge in [0.15, 0.2) is 0 Å². The zero-order chi connectivity index (χ0) is 25.4. The number of nitrogens with one attached hydrogen (secondary N) is 3. The van der Waals surface area contributed by atoms with Crippen LogP contribution < -0.4 is 20.7 Å². The molecule has 8 heteroatoms. The summed E-state index contributed by atoms with van der Waals surface area (Å²) in [5.74, 6) is -1.56. The molecule has 7 nitrogen and oxygen atoms in total. The van der Waals surface area contributed by atoms with E-state index in [1.54, 1.807) is 42.5 Å². The van der Waals surface area contributed by atoms with E-state index in [0.717, 1.165) is 6.07 Å². The van der Waals surface area contributed by atoms with Crippen LogP contribution in [0.15, 0.2) is 72.8 Å². The molecule has 2 unspecified atom stereocenters. The molecule has 0 aliphatic carbocycles. The topological polar surface area (TPSA) is 96.5 Å². The van der Waals surface area contributed by atoms with Gasteiger partial charge in [0.2, 0.25) is 5.91 Å².